The number of rotatable bonds is 7. The first-order valence-corrected chi connectivity index (χ1v) is 10.8. The lowest BCUT2D eigenvalue weighted by molar-refractivity contribution is 0.261. The minimum Gasteiger partial charge on any atom is -0.495 e. The second kappa shape index (κ2) is 9.84. The number of amides is 2. The van der Waals surface area contributed by atoms with Gasteiger partial charge in [-0.15, -0.1) is 0 Å². The maximum absolute atomic E-state index is 12.6. The average Bonchev–Trinajstić information content (AvgIpc) is 3.24. The normalized spacial score (nSPS) is 11.0. The number of ether oxygens (including phenoxy) is 2. The van der Waals surface area contributed by atoms with E-state index in [1.54, 1.807) is 53.5 Å². The summed E-state index contributed by atoms with van der Waals surface area (Å²) in [6.07, 6.45) is 1.57. The third-order valence-corrected chi connectivity index (χ3v) is 5.14. The van der Waals surface area contributed by atoms with Gasteiger partial charge in [0.25, 0.3) is 11.3 Å². The van der Waals surface area contributed by atoms with Crippen molar-refractivity contribution in [2.24, 2.45) is 0 Å². The lowest BCUT2D eigenvalue weighted by atomic mass is 10.3. The van der Waals surface area contributed by atoms with Crippen molar-refractivity contribution in [2.45, 2.75) is 26.5 Å². The van der Waals surface area contributed by atoms with Crippen molar-refractivity contribution in [2.75, 3.05) is 17.7 Å². The highest BCUT2D eigenvalue weighted by molar-refractivity contribution is 6.31. The molecule has 10 nitrogen and oxygen atoms in total. The highest BCUT2D eigenvalue weighted by Gasteiger charge is 2.14. The van der Waals surface area contributed by atoms with Gasteiger partial charge in [0.1, 0.15) is 24.4 Å². The fourth-order valence-corrected chi connectivity index (χ4v) is 3.48. The topological polar surface area (TPSA) is 112 Å². The number of nitrogens with one attached hydrogen (secondary N) is 2. The lowest BCUT2D eigenvalue weighted by Gasteiger charge is -2.14. The first-order valence-electron chi connectivity index (χ1n) is 10.4. The SMILES string of the molecule is COc1ccccc1NC(=O)Nc1cc(Cl)ccc1OCc1cc(=O)n2c(ncn2C(C)C)n1. The predicted molar refractivity (Wildman–Crippen MR) is 129 cm³/mol. The van der Waals surface area contributed by atoms with Crippen molar-refractivity contribution in [1.29, 1.82) is 0 Å². The molecule has 2 heterocycles. The summed E-state index contributed by atoms with van der Waals surface area (Å²) < 4.78 is 14.2. The van der Waals surface area contributed by atoms with Crippen LogP contribution < -0.4 is 25.7 Å². The second-order valence-corrected chi connectivity index (χ2v) is 8.06. The molecule has 0 aliphatic heterocycles. The summed E-state index contributed by atoms with van der Waals surface area (Å²) in [6.45, 7) is 3.89. The van der Waals surface area contributed by atoms with Gasteiger partial charge >= 0.3 is 6.03 Å². The van der Waals surface area contributed by atoms with Gasteiger partial charge in [0.15, 0.2) is 0 Å². The number of methoxy groups -OCH3 is 1. The molecule has 0 bridgehead atoms. The van der Waals surface area contributed by atoms with E-state index in [9.17, 15) is 9.59 Å². The molecule has 0 unspecified atom stereocenters. The summed E-state index contributed by atoms with van der Waals surface area (Å²) in [5, 5.41) is 5.87. The van der Waals surface area contributed by atoms with E-state index in [0.717, 1.165) is 0 Å². The molecule has 2 aromatic carbocycles. The van der Waals surface area contributed by atoms with E-state index in [1.165, 1.54) is 17.7 Å². The standard InChI is InChI=1S/C23H23ClN6O4/c1-14(2)29-13-25-22-26-16(11-21(31)30(22)29)12-34-20-9-8-15(24)10-18(20)28-23(32)27-17-6-4-5-7-19(17)33-3/h4-11,13-14H,12H2,1-3H3,(H2,27,28,32). The monoisotopic (exact) mass is 482 g/mol. The largest absolute Gasteiger partial charge is 0.495 e. The van der Waals surface area contributed by atoms with E-state index in [1.807, 2.05) is 13.8 Å². The number of hydrogen-bond acceptors (Lipinski definition) is 6. The summed E-state index contributed by atoms with van der Waals surface area (Å²) in [5.74, 6) is 1.16. The van der Waals surface area contributed by atoms with Gasteiger partial charge in [-0.25, -0.2) is 9.78 Å². The van der Waals surface area contributed by atoms with E-state index >= 15 is 0 Å². The van der Waals surface area contributed by atoms with Crippen LogP contribution >= 0.6 is 11.6 Å². The van der Waals surface area contributed by atoms with Gasteiger partial charge in [0.2, 0.25) is 0 Å². The first kappa shape index (κ1) is 23.1. The van der Waals surface area contributed by atoms with Crippen molar-refractivity contribution < 1.29 is 14.3 Å². The molecular weight excluding hydrogens is 460 g/mol. The third-order valence-electron chi connectivity index (χ3n) is 4.90. The fraction of sp³-hybridized carbons (Fsp3) is 0.217. The van der Waals surface area contributed by atoms with Crippen molar-refractivity contribution in [1.82, 2.24) is 19.2 Å². The number of hydrogen-bond donors (Lipinski definition) is 2. The Morgan fingerprint density at radius 3 is 2.62 bits per heavy atom. The summed E-state index contributed by atoms with van der Waals surface area (Å²) in [6, 6.07) is 12.8. The minimum atomic E-state index is -0.506. The molecule has 2 amide bonds. The van der Waals surface area contributed by atoms with Gasteiger partial charge in [0, 0.05) is 17.1 Å². The van der Waals surface area contributed by atoms with Gasteiger partial charge in [-0.2, -0.15) is 9.50 Å². The minimum absolute atomic E-state index is 0.00921. The fourth-order valence-electron chi connectivity index (χ4n) is 3.31. The predicted octanol–water partition coefficient (Wildman–Crippen LogP) is 4.36. The number of carbonyl (C=O) groups is 1. The Hall–Kier alpha value is -4.05. The summed E-state index contributed by atoms with van der Waals surface area (Å²) in [4.78, 5) is 33.8. The highest BCUT2D eigenvalue weighted by atomic mass is 35.5. The molecular formula is C23H23ClN6O4. The molecule has 0 spiro atoms. The van der Waals surface area contributed by atoms with E-state index in [4.69, 9.17) is 21.1 Å². The van der Waals surface area contributed by atoms with E-state index in [0.29, 0.717) is 33.6 Å². The number of urea groups is 1. The Labute approximate surface area is 200 Å². The van der Waals surface area contributed by atoms with E-state index < -0.39 is 6.03 Å². The number of aromatic nitrogens is 4. The van der Waals surface area contributed by atoms with Crippen LogP contribution in [-0.4, -0.2) is 32.3 Å². The number of fused-ring (bicyclic) bond motifs is 1. The molecule has 0 atom stereocenters. The molecule has 34 heavy (non-hydrogen) atoms. The van der Waals surface area contributed by atoms with Crippen LogP contribution in [-0.2, 0) is 6.61 Å². The summed E-state index contributed by atoms with van der Waals surface area (Å²) in [7, 11) is 1.52. The molecule has 2 N–H and O–H groups in total. The van der Waals surface area contributed by atoms with Crippen LogP contribution in [0.25, 0.3) is 5.78 Å². The highest BCUT2D eigenvalue weighted by Crippen LogP contribution is 2.29. The van der Waals surface area contributed by atoms with Gasteiger partial charge < -0.3 is 20.1 Å². The van der Waals surface area contributed by atoms with Crippen LogP contribution in [0.3, 0.4) is 0 Å². The van der Waals surface area contributed by atoms with Crippen LogP contribution in [0.15, 0.2) is 59.7 Å². The van der Waals surface area contributed by atoms with Crippen molar-refractivity contribution in [3.05, 3.63) is 75.9 Å². The van der Waals surface area contributed by atoms with Gasteiger partial charge in [0.05, 0.1) is 24.2 Å². The van der Waals surface area contributed by atoms with Gasteiger partial charge in [-0.3, -0.25) is 9.48 Å². The Morgan fingerprint density at radius 1 is 1.09 bits per heavy atom. The number of para-hydroxylation sites is 2. The van der Waals surface area contributed by atoms with Crippen LogP contribution in [0.5, 0.6) is 11.5 Å². The molecule has 0 fully saturated rings. The average molecular weight is 483 g/mol. The Morgan fingerprint density at radius 2 is 1.85 bits per heavy atom. The van der Waals surface area contributed by atoms with Crippen LogP contribution in [0.1, 0.15) is 25.6 Å². The maximum atomic E-state index is 12.6. The number of benzene rings is 2. The number of carbonyl (C=O) groups excluding carboxylic acids is 1. The molecule has 0 radical (unpaired) electrons. The molecule has 0 saturated carbocycles. The zero-order valence-electron chi connectivity index (χ0n) is 18.8. The smallest absolute Gasteiger partial charge is 0.323 e. The van der Waals surface area contributed by atoms with E-state index in [-0.39, 0.29) is 24.0 Å². The first-order chi connectivity index (χ1) is 16.4. The Balaban J connectivity index is 1.51. The van der Waals surface area contributed by atoms with Gasteiger partial charge in [-0.05, 0) is 44.2 Å². The van der Waals surface area contributed by atoms with Crippen LogP contribution in [0, 0.1) is 0 Å². The summed E-state index contributed by atoms with van der Waals surface area (Å²) in [5.41, 5.74) is 0.992. The van der Waals surface area contributed by atoms with Crippen molar-refractivity contribution in [3.8, 4) is 11.5 Å². The molecule has 0 saturated heterocycles. The number of halogens is 1. The number of nitrogens with zero attached hydrogens (tertiary/aromatic N) is 4. The van der Waals surface area contributed by atoms with Crippen LogP contribution in [0.4, 0.5) is 16.2 Å². The van der Waals surface area contributed by atoms with Crippen molar-refractivity contribution >= 4 is 34.8 Å². The van der Waals surface area contributed by atoms with Gasteiger partial charge in [-0.1, -0.05) is 23.7 Å². The molecule has 176 valence electrons. The Kier molecular flexibility index (Phi) is 6.69. The Bertz CT molecular complexity index is 1400. The molecule has 11 heteroatoms. The third kappa shape index (κ3) is 4.96. The molecule has 4 rings (SSSR count). The van der Waals surface area contributed by atoms with Crippen molar-refractivity contribution in [3.63, 3.8) is 0 Å². The quantitative estimate of drug-likeness (QED) is 0.405. The molecule has 0 aliphatic rings. The lowest BCUT2D eigenvalue weighted by Crippen LogP contribution is -2.23. The second-order valence-electron chi connectivity index (χ2n) is 7.62. The maximum Gasteiger partial charge on any atom is 0.323 e. The van der Waals surface area contributed by atoms with Crippen LogP contribution in [0.2, 0.25) is 5.02 Å². The number of anilines is 2. The molecule has 2 aromatic heterocycles. The molecule has 0 aliphatic carbocycles. The zero-order chi connectivity index (χ0) is 24.2. The summed E-state index contributed by atoms with van der Waals surface area (Å²) >= 11 is 6.12. The molecule has 4 aromatic rings. The zero-order valence-corrected chi connectivity index (χ0v) is 19.5. The van der Waals surface area contributed by atoms with E-state index in [2.05, 4.69) is 20.6 Å².